The van der Waals surface area contributed by atoms with Crippen molar-refractivity contribution in [3.05, 3.63) is 66.1 Å². The number of ether oxygens (including phenoxy) is 1. The Kier molecular flexibility index (Phi) is 5.46. The zero-order valence-electron chi connectivity index (χ0n) is 14.4. The summed E-state index contributed by atoms with van der Waals surface area (Å²) in [5, 5.41) is 6.15. The van der Waals surface area contributed by atoms with Crippen molar-refractivity contribution >= 4 is 45.9 Å². The maximum Gasteiger partial charge on any atom is 0.413 e. The van der Waals surface area contributed by atoms with Crippen LogP contribution < -0.4 is 10.6 Å². The van der Waals surface area contributed by atoms with Crippen molar-refractivity contribution in [2.45, 2.75) is 6.92 Å². The molecule has 0 saturated carbocycles. The summed E-state index contributed by atoms with van der Waals surface area (Å²) in [4.78, 5) is 24.0. The van der Waals surface area contributed by atoms with E-state index in [0.29, 0.717) is 11.2 Å². The number of nitrogens with zero attached hydrogens (tertiary/aromatic N) is 1. The van der Waals surface area contributed by atoms with Crippen LogP contribution in [-0.4, -0.2) is 28.3 Å². The molecule has 0 aliphatic heterocycles. The Hall–Kier alpha value is -3.26. The quantitative estimate of drug-likeness (QED) is 0.669. The van der Waals surface area contributed by atoms with Crippen LogP contribution in [-0.2, 0) is 4.74 Å². The lowest BCUT2D eigenvalue weighted by atomic mass is 10.2. The van der Waals surface area contributed by atoms with Gasteiger partial charge in [0.05, 0.1) is 12.1 Å². The van der Waals surface area contributed by atoms with Gasteiger partial charge in [-0.3, -0.25) is 14.7 Å². The van der Waals surface area contributed by atoms with Crippen LogP contribution in [0.1, 0.15) is 17.3 Å². The zero-order chi connectivity index (χ0) is 19.4. The van der Waals surface area contributed by atoms with Crippen molar-refractivity contribution in [1.29, 1.82) is 0 Å². The lowest BCUT2D eigenvalue weighted by Gasteiger charge is -2.10. The molecule has 0 unspecified atom stereocenters. The molecular weight excluding hydrogens is 369 g/mol. The van der Waals surface area contributed by atoms with Gasteiger partial charge >= 0.3 is 6.09 Å². The fourth-order valence-electron chi connectivity index (χ4n) is 2.58. The molecule has 27 heavy (non-hydrogen) atoms. The van der Waals surface area contributed by atoms with E-state index in [1.165, 1.54) is 22.8 Å². The molecule has 0 saturated heterocycles. The molecule has 3 aromatic rings. The highest BCUT2D eigenvalue weighted by Crippen LogP contribution is 2.22. The second kappa shape index (κ2) is 7.96. The first kappa shape index (κ1) is 18.5. The third-order valence-corrected chi connectivity index (χ3v) is 3.93. The standard InChI is InChI=1S/C19H16FN3O3S/c1-2-26-19(25)22-18(27)21-15-6-7-16-12(11-15)8-9-23(16)17(24)13-4-3-5-14(20)10-13/h3-11H,2H2,1H3,(H2,21,22,25,27). The maximum absolute atomic E-state index is 13.4. The number of benzene rings is 2. The summed E-state index contributed by atoms with van der Waals surface area (Å²) in [6, 6.07) is 12.5. The predicted octanol–water partition coefficient (Wildman–Crippen LogP) is 3.91. The number of nitrogens with one attached hydrogen (secondary N) is 2. The number of alkyl carbamates (subject to hydrolysis) is 1. The van der Waals surface area contributed by atoms with E-state index in [-0.39, 0.29) is 23.2 Å². The van der Waals surface area contributed by atoms with E-state index < -0.39 is 11.9 Å². The monoisotopic (exact) mass is 385 g/mol. The first-order valence-corrected chi connectivity index (χ1v) is 8.55. The summed E-state index contributed by atoms with van der Waals surface area (Å²) in [5.41, 5.74) is 1.56. The van der Waals surface area contributed by atoms with Crippen molar-refractivity contribution in [2.75, 3.05) is 11.9 Å². The largest absolute Gasteiger partial charge is 0.450 e. The number of fused-ring (bicyclic) bond motifs is 1. The lowest BCUT2D eigenvalue weighted by molar-refractivity contribution is 0.0964. The second-order valence-electron chi connectivity index (χ2n) is 5.57. The van der Waals surface area contributed by atoms with Crippen LogP contribution in [0.5, 0.6) is 0 Å². The van der Waals surface area contributed by atoms with E-state index in [0.717, 1.165) is 5.39 Å². The molecular formula is C19H16FN3O3S. The van der Waals surface area contributed by atoms with Crippen molar-refractivity contribution in [2.24, 2.45) is 0 Å². The number of amides is 1. The van der Waals surface area contributed by atoms with Gasteiger partial charge in [0, 0.05) is 22.8 Å². The fourth-order valence-corrected chi connectivity index (χ4v) is 2.78. The lowest BCUT2D eigenvalue weighted by Crippen LogP contribution is -2.34. The molecule has 1 aromatic heterocycles. The minimum Gasteiger partial charge on any atom is -0.450 e. The average molecular weight is 385 g/mol. The number of hydrogen-bond donors (Lipinski definition) is 2. The van der Waals surface area contributed by atoms with Crippen LogP contribution >= 0.6 is 12.2 Å². The van der Waals surface area contributed by atoms with E-state index in [1.807, 2.05) is 0 Å². The minimum absolute atomic E-state index is 0.100. The van der Waals surface area contributed by atoms with Crippen molar-refractivity contribution < 1.29 is 18.7 Å². The summed E-state index contributed by atoms with van der Waals surface area (Å²) in [6.07, 6.45) is 0.986. The van der Waals surface area contributed by atoms with Gasteiger partial charge in [0.2, 0.25) is 0 Å². The summed E-state index contributed by atoms with van der Waals surface area (Å²) < 4.78 is 19.6. The summed E-state index contributed by atoms with van der Waals surface area (Å²) in [5.74, 6) is -0.795. The number of hydrogen-bond acceptors (Lipinski definition) is 4. The van der Waals surface area contributed by atoms with Gasteiger partial charge in [0.15, 0.2) is 5.11 Å². The Morgan fingerprint density at radius 3 is 2.74 bits per heavy atom. The molecule has 0 aliphatic rings. The Bertz CT molecular complexity index is 1030. The van der Waals surface area contributed by atoms with Crippen LogP contribution in [0.15, 0.2) is 54.7 Å². The number of carbonyl (C=O) groups is 2. The van der Waals surface area contributed by atoms with Gasteiger partial charge in [-0.1, -0.05) is 6.07 Å². The van der Waals surface area contributed by atoms with E-state index in [4.69, 9.17) is 17.0 Å². The molecule has 0 spiro atoms. The Balaban J connectivity index is 1.79. The van der Waals surface area contributed by atoms with E-state index >= 15 is 0 Å². The normalized spacial score (nSPS) is 10.4. The first-order chi connectivity index (χ1) is 13.0. The Labute approximate surface area is 159 Å². The summed E-state index contributed by atoms with van der Waals surface area (Å²) in [6.45, 7) is 1.94. The number of anilines is 1. The van der Waals surface area contributed by atoms with E-state index in [9.17, 15) is 14.0 Å². The SMILES string of the molecule is CCOC(=O)NC(=S)Nc1ccc2c(ccn2C(=O)c2cccc(F)c2)c1. The maximum atomic E-state index is 13.4. The Morgan fingerprint density at radius 1 is 1.19 bits per heavy atom. The van der Waals surface area contributed by atoms with Gasteiger partial charge in [0.25, 0.3) is 5.91 Å². The summed E-state index contributed by atoms with van der Waals surface area (Å²) in [7, 11) is 0. The molecule has 3 rings (SSSR count). The molecule has 138 valence electrons. The van der Waals surface area contributed by atoms with E-state index in [1.54, 1.807) is 43.5 Å². The third-order valence-electron chi connectivity index (χ3n) is 3.73. The van der Waals surface area contributed by atoms with Crippen LogP contribution in [0, 0.1) is 5.82 Å². The molecule has 6 nitrogen and oxygen atoms in total. The highest BCUT2D eigenvalue weighted by Gasteiger charge is 2.13. The predicted molar refractivity (Wildman–Crippen MR) is 104 cm³/mol. The third kappa shape index (κ3) is 4.29. The fraction of sp³-hybridized carbons (Fsp3) is 0.105. The van der Waals surface area contributed by atoms with Crippen LogP contribution in [0.2, 0.25) is 0 Å². The summed E-state index contributed by atoms with van der Waals surface area (Å²) >= 11 is 5.05. The number of thiocarbonyl (C=S) groups is 1. The van der Waals surface area contributed by atoms with Gasteiger partial charge in [-0.25, -0.2) is 9.18 Å². The zero-order valence-corrected chi connectivity index (χ0v) is 15.2. The van der Waals surface area contributed by atoms with E-state index in [2.05, 4.69) is 10.6 Å². The van der Waals surface area contributed by atoms with Gasteiger partial charge < -0.3 is 10.1 Å². The van der Waals surface area contributed by atoms with Gasteiger partial charge in [0.1, 0.15) is 5.82 Å². The van der Waals surface area contributed by atoms with Crippen molar-refractivity contribution in [1.82, 2.24) is 9.88 Å². The molecule has 2 N–H and O–H groups in total. The Morgan fingerprint density at radius 2 is 2.00 bits per heavy atom. The van der Waals surface area contributed by atoms with Gasteiger partial charge in [-0.15, -0.1) is 0 Å². The molecule has 1 amide bonds. The smallest absolute Gasteiger partial charge is 0.413 e. The minimum atomic E-state index is -0.636. The van der Waals surface area contributed by atoms with Crippen molar-refractivity contribution in [3.63, 3.8) is 0 Å². The van der Waals surface area contributed by atoms with Crippen LogP contribution in [0.3, 0.4) is 0 Å². The van der Waals surface area contributed by atoms with Crippen LogP contribution in [0.25, 0.3) is 10.9 Å². The number of aromatic nitrogens is 1. The van der Waals surface area contributed by atoms with Crippen LogP contribution in [0.4, 0.5) is 14.9 Å². The molecule has 0 radical (unpaired) electrons. The average Bonchev–Trinajstić information content (AvgIpc) is 3.04. The molecule has 1 heterocycles. The molecule has 0 atom stereocenters. The molecule has 0 bridgehead atoms. The molecule has 8 heteroatoms. The highest BCUT2D eigenvalue weighted by molar-refractivity contribution is 7.80. The second-order valence-corrected chi connectivity index (χ2v) is 5.98. The van der Waals surface area contributed by atoms with Gasteiger partial charge in [-0.2, -0.15) is 0 Å². The highest BCUT2D eigenvalue weighted by atomic mass is 32.1. The number of carbonyl (C=O) groups excluding carboxylic acids is 2. The molecule has 0 aliphatic carbocycles. The van der Waals surface area contributed by atoms with Gasteiger partial charge in [-0.05, 0) is 61.6 Å². The number of halogens is 1. The molecule has 2 aromatic carbocycles. The first-order valence-electron chi connectivity index (χ1n) is 8.14. The molecule has 0 fully saturated rings. The van der Waals surface area contributed by atoms with Crippen molar-refractivity contribution in [3.8, 4) is 0 Å². The number of rotatable bonds is 3. The topological polar surface area (TPSA) is 72.4 Å².